The third-order valence-electron chi connectivity index (χ3n) is 2.94. The molecule has 4 heteroatoms. The number of hydrogen-bond acceptors (Lipinski definition) is 4. The first-order valence-electron chi connectivity index (χ1n) is 6.51. The van der Waals surface area contributed by atoms with Gasteiger partial charge in [-0.05, 0) is 35.2 Å². The van der Waals surface area contributed by atoms with Gasteiger partial charge in [-0.1, -0.05) is 18.2 Å². The number of nitrogens with one attached hydrogen (secondary N) is 1. The zero-order valence-corrected chi connectivity index (χ0v) is 11.8. The van der Waals surface area contributed by atoms with Crippen LogP contribution in [0, 0.1) is 0 Å². The summed E-state index contributed by atoms with van der Waals surface area (Å²) < 4.78 is 0. The van der Waals surface area contributed by atoms with E-state index in [0.717, 1.165) is 24.5 Å². The third-order valence-corrected chi connectivity index (χ3v) is 3.83. The largest absolute Gasteiger partial charge is 0.307 e. The molecule has 0 saturated carbocycles. The van der Waals surface area contributed by atoms with Crippen LogP contribution in [0.25, 0.3) is 10.6 Å². The monoisotopic (exact) mass is 281 g/mol. The standard InChI is InChI=1S/C16H15N3S/c1-5-14(12-18-11-13-4-2-8-17-10-13)19-15(6-1)16-7-3-9-20-16/h1-10,18H,11-12H2. The van der Waals surface area contributed by atoms with E-state index in [1.54, 1.807) is 17.5 Å². The van der Waals surface area contributed by atoms with Crippen molar-refractivity contribution in [2.45, 2.75) is 13.1 Å². The van der Waals surface area contributed by atoms with E-state index in [1.165, 1.54) is 10.4 Å². The zero-order chi connectivity index (χ0) is 13.6. The Morgan fingerprint density at radius 2 is 2.00 bits per heavy atom. The van der Waals surface area contributed by atoms with Crippen molar-refractivity contribution in [3.05, 3.63) is 71.5 Å². The average molecular weight is 281 g/mol. The lowest BCUT2D eigenvalue weighted by atomic mass is 10.2. The summed E-state index contributed by atoms with van der Waals surface area (Å²) in [6.07, 6.45) is 3.66. The average Bonchev–Trinajstić information content (AvgIpc) is 3.03. The Kier molecular flexibility index (Phi) is 4.16. The first-order valence-corrected chi connectivity index (χ1v) is 7.39. The summed E-state index contributed by atoms with van der Waals surface area (Å²) in [6, 6.07) is 14.3. The Morgan fingerprint density at radius 3 is 2.80 bits per heavy atom. The molecular formula is C16H15N3S. The lowest BCUT2D eigenvalue weighted by Crippen LogP contribution is -2.13. The normalized spacial score (nSPS) is 10.6. The van der Waals surface area contributed by atoms with Crippen LogP contribution in [0.3, 0.4) is 0 Å². The van der Waals surface area contributed by atoms with E-state index in [4.69, 9.17) is 0 Å². The lowest BCUT2D eigenvalue weighted by Gasteiger charge is -2.05. The maximum Gasteiger partial charge on any atom is 0.0805 e. The maximum atomic E-state index is 4.68. The highest BCUT2D eigenvalue weighted by Gasteiger charge is 2.01. The van der Waals surface area contributed by atoms with Crippen molar-refractivity contribution in [3.63, 3.8) is 0 Å². The summed E-state index contributed by atoms with van der Waals surface area (Å²) in [7, 11) is 0. The smallest absolute Gasteiger partial charge is 0.0805 e. The third kappa shape index (κ3) is 3.29. The molecular weight excluding hydrogens is 266 g/mol. The van der Waals surface area contributed by atoms with Gasteiger partial charge in [0.1, 0.15) is 0 Å². The van der Waals surface area contributed by atoms with E-state index in [9.17, 15) is 0 Å². The fourth-order valence-corrected chi connectivity index (χ4v) is 2.67. The second-order valence-corrected chi connectivity index (χ2v) is 5.40. The molecule has 0 bridgehead atoms. The number of pyridine rings is 2. The molecule has 0 spiro atoms. The first-order chi connectivity index (χ1) is 9.92. The predicted octanol–water partition coefficient (Wildman–Crippen LogP) is 3.49. The molecule has 3 aromatic rings. The molecule has 3 rings (SSSR count). The van der Waals surface area contributed by atoms with Crippen molar-refractivity contribution in [3.8, 4) is 10.6 Å². The van der Waals surface area contributed by atoms with Crippen molar-refractivity contribution in [1.29, 1.82) is 0 Å². The van der Waals surface area contributed by atoms with Gasteiger partial charge in [0.25, 0.3) is 0 Å². The van der Waals surface area contributed by atoms with Crippen LogP contribution in [0.15, 0.2) is 60.2 Å². The second-order valence-electron chi connectivity index (χ2n) is 4.46. The van der Waals surface area contributed by atoms with E-state index >= 15 is 0 Å². The molecule has 20 heavy (non-hydrogen) atoms. The van der Waals surface area contributed by atoms with Gasteiger partial charge in [-0.15, -0.1) is 11.3 Å². The molecule has 100 valence electrons. The fraction of sp³-hybridized carbons (Fsp3) is 0.125. The number of thiophene rings is 1. The Hall–Kier alpha value is -2.04. The Labute approximate surface area is 122 Å². The van der Waals surface area contributed by atoms with Crippen molar-refractivity contribution in [1.82, 2.24) is 15.3 Å². The van der Waals surface area contributed by atoms with Gasteiger partial charge in [0.2, 0.25) is 0 Å². The Bertz CT molecular complexity index is 651. The maximum absolute atomic E-state index is 4.68. The van der Waals surface area contributed by atoms with Crippen LogP contribution in [-0.4, -0.2) is 9.97 Å². The quantitative estimate of drug-likeness (QED) is 0.778. The summed E-state index contributed by atoms with van der Waals surface area (Å²) in [5, 5.41) is 5.47. The molecule has 0 aliphatic rings. The van der Waals surface area contributed by atoms with Crippen LogP contribution >= 0.6 is 11.3 Å². The van der Waals surface area contributed by atoms with Gasteiger partial charge in [-0.3, -0.25) is 9.97 Å². The summed E-state index contributed by atoms with van der Waals surface area (Å²) in [4.78, 5) is 9.99. The molecule has 0 unspecified atom stereocenters. The highest BCUT2D eigenvalue weighted by Crippen LogP contribution is 2.22. The van der Waals surface area contributed by atoms with Crippen LogP contribution in [0.2, 0.25) is 0 Å². The minimum atomic E-state index is 0.758. The van der Waals surface area contributed by atoms with Gasteiger partial charge in [-0.25, -0.2) is 0 Å². The topological polar surface area (TPSA) is 37.8 Å². The highest BCUT2D eigenvalue weighted by molar-refractivity contribution is 7.13. The first kappa shape index (κ1) is 13.0. The van der Waals surface area contributed by atoms with Gasteiger partial charge in [-0.2, -0.15) is 0 Å². The van der Waals surface area contributed by atoms with Crippen molar-refractivity contribution in [2.75, 3.05) is 0 Å². The summed E-state index contributed by atoms with van der Waals surface area (Å²) in [6.45, 7) is 1.56. The molecule has 0 aliphatic carbocycles. The van der Waals surface area contributed by atoms with Crippen molar-refractivity contribution < 1.29 is 0 Å². The molecule has 0 saturated heterocycles. The van der Waals surface area contributed by atoms with Crippen LogP contribution in [0.1, 0.15) is 11.3 Å². The van der Waals surface area contributed by atoms with Crippen molar-refractivity contribution in [2.24, 2.45) is 0 Å². The molecule has 0 radical (unpaired) electrons. The Balaban J connectivity index is 1.62. The van der Waals surface area contributed by atoms with Gasteiger partial charge in [0.15, 0.2) is 0 Å². The van der Waals surface area contributed by atoms with E-state index in [-0.39, 0.29) is 0 Å². The second kappa shape index (κ2) is 6.41. The highest BCUT2D eigenvalue weighted by atomic mass is 32.1. The molecule has 0 aliphatic heterocycles. The fourth-order valence-electron chi connectivity index (χ4n) is 1.98. The molecule has 0 atom stereocenters. The SMILES string of the molecule is c1cncc(CNCc2cccc(-c3cccs3)n2)c1. The number of hydrogen-bond donors (Lipinski definition) is 1. The molecule has 3 aromatic heterocycles. The molecule has 3 heterocycles. The number of aromatic nitrogens is 2. The van der Waals surface area contributed by atoms with Crippen LogP contribution in [0.4, 0.5) is 0 Å². The number of rotatable bonds is 5. The van der Waals surface area contributed by atoms with E-state index < -0.39 is 0 Å². The molecule has 1 N–H and O–H groups in total. The van der Waals surface area contributed by atoms with Crippen LogP contribution in [-0.2, 0) is 13.1 Å². The van der Waals surface area contributed by atoms with Crippen molar-refractivity contribution >= 4 is 11.3 Å². The van der Waals surface area contributed by atoms with Gasteiger partial charge in [0, 0.05) is 25.5 Å². The number of nitrogens with zero attached hydrogens (tertiary/aromatic N) is 2. The van der Waals surface area contributed by atoms with Gasteiger partial charge < -0.3 is 5.32 Å². The predicted molar refractivity (Wildman–Crippen MR) is 82.3 cm³/mol. The van der Waals surface area contributed by atoms with Crippen LogP contribution in [0.5, 0.6) is 0 Å². The lowest BCUT2D eigenvalue weighted by molar-refractivity contribution is 0.678. The zero-order valence-electron chi connectivity index (χ0n) is 11.0. The van der Waals surface area contributed by atoms with Crippen LogP contribution < -0.4 is 5.32 Å². The Morgan fingerprint density at radius 1 is 1.00 bits per heavy atom. The summed E-state index contributed by atoms with van der Waals surface area (Å²) >= 11 is 1.71. The minimum absolute atomic E-state index is 0.758. The molecule has 0 aromatic carbocycles. The summed E-state index contributed by atoms with van der Waals surface area (Å²) in [5.74, 6) is 0. The van der Waals surface area contributed by atoms with Gasteiger partial charge in [0.05, 0.1) is 16.3 Å². The van der Waals surface area contributed by atoms with Gasteiger partial charge >= 0.3 is 0 Å². The summed E-state index contributed by atoms with van der Waals surface area (Å²) in [5.41, 5.74) is 3.28. The molecule has 0 fully saturated rings. The minimum Gasteiger partial charge on any atom is -0.307 e. The van der Waals surface area contributed by atoms with E-state index in [1.807, 2.05) is 18.3 Å². The molecule has 0 amide bonds. The van der Waals surface area contributed by atoms with E-state index in [0.29, 0.717) is 0 Å². The van der Waals surface area contributed by atoms with E-state index in [2.05, 4.69) is 51.0 Å². The molecule has 3 nitrogen and oxygen atoms in total.